The van der Waals surface area contributed by atoms with Crippen LogP contribution in [0.3, 0.4) is 0 Å². The fourth-order valence-electron chi connectivity index (χ4n) is 1.18. The van der Waals surface area contributed by atoms with Gasteiger partial charge in [-0.25, -0.2) is 14.2 Å². The average Bonchev–Trinajstić information content (AvgIpc) is 2.50. The Labute approximate surface area is 82.5 Å². The van der Waals surface area contributed by atoms with Gasteiger partial charge in [0, 0.05) is 6.04 Å². The van der Waals surface area contributed by atoms with E-state index in [-0.39, 0.29) is 6.04 Å². The first-order valence-corrected chi connectivity index (χ1v) is 4.94. The molecule has 7 heteroatoms. The zero-order valence-electron chi connectivity index (χ0n) is 7.67. The summed E-state index contributed by atoms with van der Waals surface area (Å²) in [7, 11) is 0. The van der Waals surface area contributed by atoms with Gasteiger partial charge in [-0.3, -0.25) is 0 Å². The van der Waals surface area contributed by atoms with E-state index in [4.69, 9.17) is 0 Å². The van der Waals surface area contributed by atoms with Gasteiger partial charge in [0.2, 0.25) is 4.96 Å². The minimum atomic E-state index is -0.519. The molecule has 0 amide bonds. The van der Waals surface area contributed by atoms with Crippen molar-refractivity contribution in [2.75, 3.05) is 0 Å². The van der Waals surface area contributed by atoms with Gasteiger partial charge in [0.25, 0.3) is 0 Å². The third kappa shape index (κ3) is 1.17. The average molecular weight is 212 g/mol. The van der Waals surface area contributed by atoms with Crippen LogP contribution in [0.15, 0.2) is 15.1 Å². The summed E-state index contributed by atoms with van der Waals surface area (Å²) in [5, 5.41) is 3.80. The molecule has 0 N–H and O–H groups in total. The maximum atomic E-state index is 11.7. The number of hydrogen-bond donors (Lipinski definition) is 0. The van der Waals surface area contributed by atoms with E-state index in [1.807, 2.05) is 0 Å². The van der Waals surface area contributed by atoms with E-state index in [9.17, 15) is 9.59 Å². The Morgan fingerprint density at radius 3 is 2.79 bits per heavy atom. The highest BCUT2D eigenvalue weighted by molar-refractivity contribution is 7.14. The predicted molar refractivity (Wildman–Crippen MR) is 51.8 cm³/mol. The van der Waals surface area contributed by atoms with Crippen molar-refractivity contribution in [1.29, 1.82) is 0 Å². The van der Waals surface area contributed by atoms with E-state index in [0.717, 1.165) is 20.4 Å². The summed E-state index contributed by atoms with van der Waals surface area (Å²) in [6.45, 7) is 3.51. The molecule has 0 aliphatic carbocycles. The lowest BCUT2D eigenvalue weighted by atomic mass is 10.4. The maximum absolute atomic E-state index is 11.7. The van der Waals surface area contributed by atoms with Gasteiger partial charge in [-0.2, -0.15) is 14.6 Å². The fraction of sp³-hybridized carbons (Fsp3) is 0.429. The fourth-order valence-corrected chi connectivity index (χ4v) is 1.77. The number of hydrogen-bond acceptors (Lipinski definition) is 5. The summed E-state index contributed by atoms with van der Waals surface area (Å²) in [6, 6.07) is -0.207. The molecule has 2 aromatic rings. The molecule has 2 heterocycles. The number of fused-ring (bicyclic) bond motifs is 1. The van der Waals surface area contributed by atoms with E-state index in [1.165, 1.54) is 5.51 Å². The van der Waals surface area contributed by atoms with E-state index in [1.54, 1.807) is 13.8 Å². The third-order valence-electron chi connectivity index (χ3n) is 1.80. The molecule has 0 bridgehead atoms. The monoisotopic (exact) mass is 212 g/mol. The second kappa shape index (κ2) is 3.02. The molecule has 6 nitrogen and oxygen atoms in total. The van der Waals surface area contributed by atoms with Crippen molar-refractivity contribution < 1.29 is 0 Å². The molecule has 0 unspecified atom stereocenters. The molecule has 0 spiro atoms. The highest BCUT2D eigenvalue weighted by Crippen LogP contribution is 2.00. The largest absolute Gasteiger partial charge is 0.355 e. The SMILES string of the molecule is CC(C)n1c(=O)nc2scnn2c1=O. The van der Waals surface area contributed by atoms with Gasteiger partial charge in [-0.1, -0.05) is 11.3 Å². The molecule has 0 atom stereocenters. The maximum Gasteiger partial charge on any atom is 0.355 e. The Balaban J connectivity index is 2.97. The second-order valence-electron chi connectivity index (χ2n) is 3.07. The molecule has 2 rings (SSSR count). The Morgan fingerprint density at radius 1 is 1.43 bits per heavy atom. The Bertz CT molecular complexity index is 579. The molecular weight excluding hydrogens is 204 g/mol. The summed E-state index contributed by atoms with van der Waals surface area (Å²) >= 11 is 1.16. The highest BCUT2D eigenvalue weighted by Gasteiger charge is 2.11. The smallest absolute Gasteiger partial charge is 0.245 e. The van der Waals surface area contributed by atoms with Crippen LogP contribution >= 0.6 is 11.3 Å². The van der Waals surface area contributed by atoms with Crippen LogP contribution in [-0.4, -0.2) is 19.2 Å². The van der Waals surface area contributed by atoms with Crippen LogP contribution in [-0.2, 0) is 0 Å². The van der Waals surface area contributed by atoms with Crippen LogP contribution in [0.4, 0.5) is 0 Å². The first kappa shape index (κ1) is 9.07. The highest BCUT2D eigenvalue weighted by atomic mass is 32.1. The third-order valence-corrected chi connectivity index (χ3v) is 2.48. The number of aromatic nitrogens is 4. The van der Waals surface area contributed by atoms with Crippen molar-refractivity contribution in [3.8, 4) is 0 Å². The first-order valence-electron chi connectivity index (χ1n) is 4.06. The molecule has 0 aliphatic rings. The van der Waals surface area contributed by atoms with E-state index in [0.29, 0.717) is 4.96 Å². The molecule has 0 aliphatic heterocycles. The molecule has 0 saturated heterocycles. The molecular formula is C7H8N4O2S. The molecule has 0 radical (unpaired) electrons. The van der Waals surface area contributed by atoms with Gasteiger partial charge in [0.05, 0.1) is 0 Å². The van der Waals surface area contributed by atoms with E-state index >= 15 is 0 Å². The predicted octanol–water partition coefficient (Wildman–Crippen LogP) is -0.106. The molecule has 2 aromatic heterocycles. The Kier molecular flexibility index (Phi) is 1.95. The first-order chi connectivity index (χ1) is 6.61. The van der Waals surface area contributed by atoms with Crippen LogP contribution in [0.5, 0.6) is 0 Å². The lowest BCUT2D eigenvalue weighted by molar-refractivity contribution is 0.518. The van der Waals surface area contributed by atoms with E-state index in [2.05, 4.69) is 10.1 Å². The summed E-state index contributed by atoms with van der Waals surface area (Å²) in [5.41, 5.74) is 0.527. The van der Waals surface area contributed by atoms with Crippen molar-refractivity contribution in [2.24, 2.45) is 0 Å². The van der Waals surface area contributed by atoms with Crippen LogP contribution in [0.25, 0.3) is 4.96 Å². The Hall–Kier alpha value is -1.50. The molecule has 74 valence electrons. The minimum Gasteiger partial charge on any atom is -0.245 e. The summed E-state index contributed by atoms with van der Waals surface area (Å²) in [5.74, 6) is 0. The summed E-state index contributed by atoms with van der Waals surface area (Å²) in [6.07, 6.45) is 0. The second-order valence-corrected chi connectivity index (χ2v) is 3.89. The summed E-state index contributed by atoms with van der Waals surface area (Å²) < 4.78 is 2.21. The normalized spacial score (nSPS) is 11.4. The zero-order valence-corrected chi connectivity index (χ0v) is 8.48. The molecule has 0 aromatic carbocycles. The zero-order chi connectivity index (χ0) is 10.3. The Morgan fingerprint density at radius 2 is 2.14 bits per heavy atom. The van der Waals surface area contributed by atoms with Gasteiger partial charge < -0.3 is 0 Å². The number of nitrogens with zero attached hydrogens (tertiary/aromatic N) is 4. The van der Waals surface area contributed by atoms with Gasteiger partial charge in [-0.05, 0) is 13.8 Å². The quantitative estimate of drug-likeness (QED) is 0.661. The van der Waals surface area contributed by atoms with Crippen molar-refractivity contribution in [3.05, 3.63) is 26.5 Å². The molecule has 14 heavy (non-hydrogen) atoms. The van der Waals surface area contributed by atoms with Gasteiger partial charge in [0.1, 0.15) is 5.51 Å². The van der Waals surface area contributed by atoms with Crippen molar-refractivity contribution >= 4 is 16.3 Å². The topological polar surface area (TPSA) is 69.3 Å². The van der Waals surface area contributed by atoms with Crippen LogP contribution < -0.4 is 11.4 Å². The lowest BCUT2D eigenvalue weighted by Crippen LogP contribution is -2.40. The van der Waals surface area contributed by atoms with Crippen molar-refractivity contribution in [3.63, 3.8) is 0 Å². The lowest BCUT2D eigenvalue weighted by Gasteiger charge is -2.05. The molecule has 0 saturated carbocycles. The number of rotatable bonds is 1. The minimum absolute atomic E-state index is 0.207. The van der Waals surface area contributed by atoms with Crippen molar-refractivity contribution in [1.82, 2.24) is 19.2 Å². The van der Waals surface area contributed by atoms with Gasteiger partial charge in [-0.15, -0.1) is 0 Å². The molecule has 0 fully saturated rings. The van der Waals surface area contributed by atoms with Gasteiger partial charge in [0.15, 0.2) is 0 Å². The van der Waals surface area contributed by atoms with Gasteiger partial charge >= 0.3 is 11.4 Å². The standard InChI is InChI=1S/C7H8N4O2S/c1-4(2)10-5(12)9-6-11(7(10)13)8-3-14-6/h3-4H,1-2H3. The summed E-state index contributed by atoms with van der Waals surface area (Å²) in [4.78, 5) is 27.2. The van der Waals surface area contributed by atoms with Crippen LogP contribution in [0, 0.1) is 0 Å². The van der Waals surface area contributed by atoms with Crippen LogP contribution in [0.1, 0.15) is 19.9 Å². The van der Waals surface area contributed by atoms with E-state index < -0.39 is 11.4 Å². The van der Waals surface area contributed by atoms with Crippen LogP contribution in [0.2, 0.25) is 0 Å². The van der Waals surface area contributed by atoms with Crippen molar-refractivity contribution in [2.45, 2.75) is 19.9 Å².